The summed E-state index contributed by atoms with van der Waals surface area (Å²) >= 11 is 0. The van der Waals surface area contributed by atoms with Crippen LogP contribution in [0.15, 0.2) is 0 Å². The summed E-state index contributed by atoms with van der Waals surface area (Å²) in [6.07, 6.45) is 6.44. The van der Waals surface area contributed by atoms with Gasteiger partial charge in [-0.05, 0) is 74.5 Å². The van der Waals surface area contributed by atoms with Gasteiger partial charge in [-0.25, -0.2) is 4.79 Å². The number of carbonyl (C=O) groups excluding carboxylic acids is 1. The molecular weight excluding hydrogens is 595 g/mol. The first-order valence-corrected chi connectivity index (χ1v) is 11.6. The quantitative estimate of drug-likeness (QED) is 0.407. The first-order valence-electron chi connectivity index (χ1n) is 12.0. The summed E-state index contributed by atoms with van der Waals surface area (Å²) in [6, 6.07) is 0. The number of aliphatic hydroxyl groups excluding tert-OH is 2. The summed E-state index contributed by atoms with van der Waals surface area (Å²) in [6.45, 7) is 12.5. The molecule has 3 fully saturated rings. The average molecular weight is 640 g/mol. The molecule has 0 bridgehead atoms. The normalized spacial score (nSPS) is 41.4. The van der Waals surface area contributed by atoms with Crippen LogP contribution in [0.4, 0.5) is 0 Å². The van der Waals surface area contributed by atoms with Gasteiger partial charge in [0.1, 0.15) is 0 Å². The van der Waals surface area contributed by atoms with Crippen LogP contribution in [0.1, 0.15) is 86.5 Å². The largest absolute Gasteiger partial charge is 0.433 e. The van der Waals surface area contributed by atoms with Crippen molar-refractivity contribution in [2.24, 2.45) is 34.5 Å². The third kappa shape index (κ3) is 5.30. The Morgan fingerprint density at radius 1 is 1.27 bits per heavy atom. The Labute approximate surface area is 220 Å². The number of carbonyl (C=O) groups is 1. The Kier molecular flexibility index (Phi) is 8.44. The Morgan fingerprint density at radius 2 is 1.97 bits per heavy atom. The second kappa shape index (κ2) is 9.96. The van der Waals surface area contributed by atoms with E-state index in [0.29, 0.717) is 24.2 Å². The SMILES string of the molecule is [3H]O[C@H]1CCC[C@@]2(C)C1CC[C@@H]2[C@H](C)C[C@@H](CO)C[C@@]1(C)O[C@H](C(C)(C)C)OC1=O.[Ac]. The van der Waals surface area contributed by atoms with Crippen LogP contribution < -0.4 is 0 Å². The molecule has 2 aliphatic carbocycles. The summed E-state index contributed by atoms with van der Waals surface area (Å²) in [7, 11) is 0. The van der Waals surface area contributed by atoms with Gasteiger partial charge in [0, 0.05) is 56.1 Å². The van der Waals surface area contributed by atoms with Crippen LogP contribution in [0, 0.1) is 78.6 Å². The molecule has 1 radical (unpaired) electrons. The Balaban J connectivity index is 0.00000341. The molecule has 171 valence electrons. The minimum Gasteiger partial charge on any atom is -0.433 e. The molecule has 8 atom stereocenters. The van der Waals surface area contributed by atoms with Crippen molar-refractivity contribution >= 4 is 5.97 Å². The number of ether oxygens (including phenoxy) is 2. The molecule has 0 aromatic heterocycles. The molecule has 2 N–H and O–H groups in total. The number of fused-ring (bicyclic) bond motifs is 1. The number of rotatable bonds is 7. The van der Waals surface area contributed by atoms with E-state index in [1.807, 2.05) is 20.8 Å². The van der Waals surface area contributed by atoms with Crippen molar-refractivity contribution in [1.82, 2.24) is 0 Å². The van der Waals surface area contributed by atoms with Crippen LogP contribution in [0.5, 0.6) is 0 Å². The summed E-state index contributed by atoms with van der Waals surface area (Å²) in [5, 5.41) is 15.2. The molecule has 0 amide bonds. The van der Waals surface area contributed by atoms with Crippen LogP contribution in [0.25, 0.3) is 0 Å². The second-order valence-corrected chi connectivity index (χ2v) is 11.6. The Bertz CT molecular complexity index is 626. The van der Waals surface area contributed by atoms with Gasteiger partial charge in [-0.1, -0.05) is 41.0 Å². The van der Waals surface area contributed by atoms with Gasteiger partial charge >= 0.3 is 5.97 Å². The molecule has 3 aliphatic rings. The monoisotopic (exact) mass is 639 g/mol. The fourth-order valence-electron chi connectivity index (χ4n) is 6.57. The fourth-order valence-corrected chi connectivity index (χ4v) is 6.57. The minimum atomic E-state index is -0.998. The molecule has 0 aromatic carbocycles. The third-order valence-electron chi connectivity index (χ3n) is 8.18. The minimum absolute atomic E-state index is 0. The zero-order valence-electron chi connectivity index (χ0n) is 20.8. The van der Waals surface area contributed by atoms with Crippen molar-refractivity contribution in [3.63, 3.8) is 0 Å². The van der Waals surface area contributed by atoms with Crippen LogP contribution in [-0.4, -0.2) is 42.2 Å². The first kappa shape index (κ1) is 25.4. The summed E-state index contributed by atoms with van der Waals surface area (Å²) < 4.78 is 19.1. The van der Waals surface area contributed by atoms with E-state index >= 15 is 0 Å². The molecule has 2 saturated carbocycles. The zero-order valence-corrected chi connectivity index (χ0v) is 24.5. The predicted octanol–water partition coefficient (Wildman–Crippen LogP) is 4.29. The van der Waals surface area contributed by atoms with Crippen molar-refractivity contribution in [3.05, 3.63) is 0 Å². The van der Waals surface area contributed by atoms with Crippen LogP contribution in [0.3, 0.4) is 0 Å². The average Bonchev–Trinajstić information content (AvgIpc) is 3.17. The topological polar surface area (TPSA) is 76.0 Å². The van der Waals surface area contributed by atoms with Crippen molar-refractivity contribution in [2.75, 3.05) is 6.61 Å². The van der Waals surface area contributed by atoms with Gasteiger partial charge in [-0.2, -0.15) is 0 Å². The van der Waals surface area contributed by atoms with Gasteiger partial charge in [0.25, 0.3) is 0 Å². The predicted molar refractivity (Wildman–Crippen MR) is 112 cm³/mol. The molecule has 30 heavy (non-hydrogen) atoms. The Morgan fingerprint density at radius 3 is 2.53 bits per heavy atom. The second-order valence-electron chi connectivity index (χ2n) is 11.6. The van der Waals surface area contributed by atoms with E-state index in [1.54, 1.807) is 6.92 Å². The van der Waals surface area contributed by atoms with Crippen molar-refractivity contribution < 1.29 is 68.5 Å². The molecule has 0 spiro atoms. The van der Waals surface area contributed by atoms with Gasteiger partial charge in [-0.3, -0.25) is 0 Å². The van der Waals surface area contributed by atoms with E-state index in [4.69, 9.17) is 16.0 Å². The molecule has 1 aliphatic heterocycles. The molecule has 5 nitrogen and oxygen atoms in total. The smallest absolute Gasteiger partial charge is 0.340 e. The molecular formula is C24H42AcO5. The molecule has 0 aromatic rings. The maximum atomic E-state index is 12.6. The summed E-state index contributed by atoms with van der Waals surface area (Å²) in [5.74, 6) is 1.12. The van der Waals surface area contributed by atoms with Gasteiger partial charge in [-0.15, -0.1) is 0 Å². The number of esters is 1. The van der Waals surface area contributed by atoms with Crippen molar-refractivity contribution in [3.8, 4) is 0 Å². The number of aliphatic hydroxyl groups is 2. The molecule has 3 rings (SSSR count). The van der Waals surface area contributed by atoms with Crippen molar-refractivity contribution in [2.45, 2.75) is 104 Å². The number of hydrogen-bond donors (Lipinski definition) is 2. The van der Waals surface area contributed by atoms with E-state index in [9.17, 15) is 9.90 Å². The third-order valence-corrected chi connectivity index (χ3v) is 8.18. The van der Waals surface area contributed by atoms with E-state index < -0.39 is 11.9 Å². The maximum Gasteiger partial charge on any atom is 0.340 e. The fraction of sp³-hybridized carbons (Fsp3) is 0.958. The number of cyclic esters (lactones) is 1. The zero-order chi connectivity index (χ0) is 22.3. The molecule has 1 unspecified atom stereocenters. The molecule has 1 saturated heterocycles. The molecule has 1 heterocycles. The molecule has 6 heteroatoms. The summed E-state index contributed by atoms with van der Waals surface area (Å²) in [5.41, 5.74) is -1.07. The first-order chi connectivity index (χ1) is 13.9. The number of hydrogen-bond acceptors (Lipinski definition) is 5. The van der Waals surface area contributed by atoms with E-state index in [2.05, 4.69) is 13.8 Å². The van der Waals surface area contributed by atoms with Crippen LogP contribution in [-0.2, 0) is 14.3 Å². The van der Waals surface area contributed by atoms with Crippen molar-refractivity contribution in [1.29, 1.82) is 1.43 Å². The van der Waals surface area contributed by atoms with Gasteiger partial charge in [0.15, 0.2) is 5.60 Å². The van der Waals surface area contributed by atoms with E-state index in [0.717, 1.165) is 32.1 Å². The van der Waals surface area contributed by atoms with Gasteiger partial charge in [0.05, 0.1) is 6.10 Å². The Hall–Kier alpha value is 0.792. The van der Waals surface area contributed by atoms with E-state index in [-0.39, 0.29) is 79.5 Å². The maximum absolute atomic E-state index is 12.6. The standard InChI is InChI=1S/C24H42O5.Ac/c1-15(17-9-10-18-19(26)8-7-11-23(17,18)5)12-16(14-25)13-24(6)20(27)28-21(29-24)22(2,3)4;/h15-19,21,25-26H,7-14H2,1-6H3;/t15-,16-,17-,18?,19+,21-,23-,24-;/m1./s1/i26T;. The van der Waals surface area contributed by atoms with Crippen LogP contribution in [0.2, 0.25) is 0 Å². The van der Waals surface area contributed by atoms with E-state index in [1.165, 1.54) is 6.42 Å². The van der Waals surface area contributed by atoms with Crippen LogP contribution >= 0.6 is 0 Å². The van der Waals surface area contributed by atoms with Gasteiger partial charge in [0.2, 0.25) is 7.72 Å². The summed E-state index contributed by atoms with van der Waals surface area (Å²) in [4.78, 5) is 12.6. The van der Waals surface area contributed by atoms with Gasteiger partial charge < -0.3 is 19.7 Å².